The highest BCUT2D eigenvalue weighted by Crippen LogP contribution is 2.25. The Morgan fingerprint density at radius 1 is 1.36 bits per heavy atom. The highest BCUT2D eigenvalue weighted by molar-refractivity contribution is 6.34. The smallest absolute Gasteiger partial charge is 0.260 e. The van der Waals surface area contributed by atoms with Crippen molar-refractivity contribution in [1.29, 1.82) is 0 Å². The summed E-state index contributed by atoms with van der Waals surface area (Å²) in [6.45, 7) is 0.742. The number of amides is 1. The quantitative estimate of drug-likeness (QED) is 0.535. The number of rotatable bonds is 0. The molecule has 2 heterocycles. The second-order valence-electron chi connectivity index (χ2n) is 2.57. The maximum atomic E-state index is 11.4. The summed E-state index contributed by atoms with van der Waals surface area (Å²) in [5.74, 6) is -0.218. The number of ether oxygens (including phenoxy) is 1. The number of aromatic nitrogens is 2. The van der Waals surface area contributed by atoms with Gasteiger partial charge < -0.3 is 10.1 Å². The SMILES string of the molecule is O=C1NCCOc2nc(Cl)nc(Cl)c21. The van der Waals surface area contributed by atoms with Crippen molar-refractivity contribution in [3.05, 3.63) is 16.0 Å². The molecule has 2 rings (SSSR count). The molecule has 1 N–H and O–H groups in total. The summed E-state index contributed by atoms with van der Waals surface area (Å²) < 4.78 is 5.18. The van der Waals surface area contributed by atoms with Crippen LogP contribution in [0.5, 0.6) is 5.88 Å². The topological polar surface area (TPSA) is 64.1 Å². The Balaban J connectivity index is 2.58. The lowest BCUT2D eigenvalue weighted by Gasteiger charge is -2.04. The maximum absolute atomic E-state index is 11.4. The predicted molar refractivity (Wildman–Crippen MR) is 49.9 cm³/mol. The molecular formula is C7H5Cl2N3O2. The Morgan fingerprint density at radius 3 is 2.93 bits per heavy atom. The molecule has 5 nitrogen and oxygen atoms in total. The molecule has 0 radical (unpaired) electrons. The first-order valence-corrected chi connectivity index (χ1v) is 4.58. The number of carbonyl (C=O) groups excluding carboxylic acids is 1. The fourth-order valence-corrected chi connectivity index (χ4v) is 1.54. The Hall–Kier alpha value is -1.07. The van der Waals surface area contributed by atoms with Gasteiger partial charge in [0.1, 0.15) is 12.2 Å². The van der Waals surface area contributed by atoms with E-state index < -0.39 is 0 Å². The first-order chi connectivity index (χ1) is 6.68. The van der Waals surface area contributed by atoms with Crippen LogP contribution in [0.25, 0.3) is 0 Å². The Morgan fingerprint density at radius 2 is 2.14 bits per heavy atom. The first kappa shape index (κ1) is 9.48. The number of hydrogen-bond donors (Lipinski definition) is 1. The van der Waals surface area contributed by atoms with Crippen LogP contribution in [0.3, 0.4) is 0 Å². The van der Waals surface area contributed by atoms with Gasteiger partial charge in [0.05, 0.1) is 6.54 Å². The Bertz CT molecular complexity index is 397. The zero-order chi connectivity index (χ0) is 10.1. The summed E-state index contributed by atoms with van der Waals surface area (Å²) in [4.78, 5) is 18.9. The van der Waals surface area contributed by atoms with Crippen LogP contribution in [0, 0.1) is 0 Å². The van der Waals surface area contributed by atoms with E-state index in [-0.39, 0.29) is 27.8 Å². The Kier molecular flexibility index (Phi) is 2.43. The fraction of sp³-hybridized carbons (Fsp3) is 0.286. The molecule has 0 unspecified atom stereocenters. The molecule has 1 amide bonds. The number of carbonyl (C=O) groups is 1. The van der Waals surface area contributed by atoms with Crippen molar-refractivity contribution in [2.45, 2.75) is 0 Å². The van der Waals surface area contributed by atoms with Crippen LogP contribution in [0.4, 0.5) is 0 Å². The molecule has 0 aromatic carbocycles. The van der Waals surface area contributed by atoms with Gasteiger partial charge in [0, 0.05) is 0 Å². The van der Waals surface area contributed by atoms with Crippen LogP contribution in [-0.4, -0.2) is 29.0 Å². The molecule has 0 spiro atoms. The lowest BCUT2D eigenvalue weighted by molar-refractivity contribution is 0.0957. The van der Waals surface area contributed by atoms with E-state index in [9.17, 15) is 4.79 Å². The van der Waals surface area contributed by atoms with Crippen molar-refractivity contribution in [3.8, 4) is 5.88 Å². The summed E-state index contributed by atoms with van der Waals surface area (Å²) >= 11 is 11.3. The van der Waals surface area contributed by atoms with Gasteiger partial charge in [-0.05, 0) is 11.6 Å². The third kappa shape index (κ3) is 1.60. The molecule has 1 aromatic heterocycles. The van der Waals surface area contributed by atoms with Crippen LogP contribution in [-0.2, 0) is 0 Å². The second-order valence-corrected chi connectivity index (χ2v) is 3.26. The summed E-state index contributed by atoms with van der Waals surface area (Å²) in [6, 6.07) is 0. The van der Waals surface area contributed by atoms with Gasteiger partial charge in [0.15, 0.2) is 5.15 Å². The van der Waals surface area contributed by atoms with Crippen LogP contribution >= 0.6 is 23.2 Å². The van der Waals surface area contributed by atoms with Gasteiger partial charge >= 0.3 is 0 Å². The normalized spacial score (nSPS) is 15.1. The van der Waals surface area contributed by atoms with Gasteiger partial charge in [-0.1, -0.05) is 11.6 Å². The van der Waals surface area contributed by atoms with E-state index >= 15 is 0 Å². The lowest BCUT2D eigenvalue weighted by atomic mass is 10.3. The summed E-state index contributed by atoms with van der Waals surface area (Å²) in [5.41, 5.74) is 0.133. The van der Waals surface area contributed by atoms with Crippen LogP contribution in [0.15, 0.2) is 0 Å². The van der Waals surface area contributed by atoms with Gasteiger partial charge in [-0.15, -0.1) is 0 Å². The van der Waals surface area contributed by atoms with Crippen molar-refractivity contribution < 1.29 is 9.53 Å². The van der Waals surface area contributed by atoms with E-state index in [1.807, 2.05) is 0 Å². The molecule has 14 heavy (non-hydrogen) atoms. The van der Waals surface area contributed by atoms with E-state index in [4.69, 9.17) is 27.9 Å². The molecule has 7 heteroatoms. The number of hydrogen-bond acceptors (Lipinski definition) is 4. The van der Waals surface area contributed by atoms with Gasteiger partial charge in [0.2, 0.25) is 11.2 Å². The highest BCUT2D eigenvalue weighted by atomic mass is 35.5. The molecule has 0 saturated carbocycles. The summed E-state index contributed by atoms with van der Waals surface area (Å²) in [5, 5.41) is 2.55. The Labute approximate surface area is 89.4 Å². The lowest BCUT2D eigenvalue weighted by Crippen LogP contribution is -2.24. The number of nitrogens with one attached hydrogen (secondary N) is 1. The molecule has 1 aromatic rings. The van der Waals surface area contributed by atoms with Gasteiger partial charge in [0.25, 0.3) is 5.91 Å². The maximum Gasteiger partial charge on any atom is 0.260 e. The third-order valence-corrected chi connectivity index (χ3v) is 2.10. The molecule has 74 valence electrons. The van der Waals surface area contributed by atoms with Crippen molar-refractivity contribution in [3.63, 3.8) is 0 Å². The third-order valence-electron chi connectivity index (χ3n) is 1.66. The zero-order valence-corrected chi connectivity index (χ0v) is 8.39. The van der Waals surface area contributed by atoms with Crippen molar-refractivity contribution in [2.24, 2.45) is 0 Å². The average Bonchev–Trinajstić information content (AvgIpc) is 2.27. The van der Waals surface area contributed by atoms with Crippen molar-refractivity contribution in [1.82, 2.24) is 15.3 Å². The van der Waals surface area contributed by atoms with Gasteiger partial charge in [-0.3, -0.25) is 4.79 Å². The van der Waals surface area contributed by atoms with Gasteiger partial charge in [-0.25, -0.2) is 4.98 Å². The molecule has 1 aliphatic rings. The minimum Gasteiger partial charge on any atom is -0.475 e. The van der Waals surface area contributed by atoms with E-state index in [0.717, 1.165) is 0 Å². The summed E-state index contributed by atoms with van der Waals surface area (Å²) in [7, 11) is 0. The van der Waals surface area contributed by atoms with Crippen LogP contribution in [0.2, 0.25) is 10.4 Å². The molecule has 0 bridgehead atoms. The molecule has 0 fully saturated rings. The average molecular weight is 234 g/mol. The standard InChI is InChI=1S/C7H5Cl2N3O2/c8-4-3-5(13)10-1-2-14-6(3)12-7(9)11-4/h1-2H2,(H,10,13). The van der Waals surface area contributed by atoms with Crippen molar-refractivity contribution in [2.75, 3.05) is 13.2 Å². The molecule has 0 atom stereocenters. The number of fused-ring (bicyclic) bond motifs is 1. The minimum absolute atomic E-state index is 0.000556. The second kappa shape index (κ2) is 3.59. The van der Waals surface area contributed by atoms with E-state index in [2.05, 4.69) is 15.3 Å². The van der Waals surface area contributed by atoms with E-state index in [0.29, 0.717) is 13.2 Å². The van der Waals surface area contributed by atoms with Crippen LogP contribution < -0.4 is 10.1 Å². The first-order valence-electron chi connectivity index (χ1n) is 3.82. The molecule has 0 aliphatic carbocycles. The predicted octanol–water partition coefficient (Wildman–Crippen LogP) is 0.906. The molecular weight excluding hydrogens is 229 g/mol. The fourth-order valence-electron chi connectivity index (χ4n) is 1.09. The molecule has 0 saturated heterocycles. The summed E-state index contributed by atoms with van der Waals surface area (Å²) in [6.07, 6.45) is 0. The minimum atomic E-state index is -0.348. The van der Waals surface area contributed by atoms with E-state index in [1.165, 1.54) is 0 Å². The molecule has 1 aliphatic heterocycles. The largest absolute Gasteiger partial charge is 0.475 e. The van der Waals surface area contributed by atoms with Crippen molar-refractivity contribution >= 4 is 29.1 Å². The monoisotopic (exact) mass is 233 g/mol. The van der Waals surface area contributed by atoms with Crippen LogP contribution in [0.1, 0.15) is 10.4 Å². The van der Waals surface area contributed by atoms with E-state index in [1.54, 1.807) is 0 Å². The zero-order valence-electron chi connectivity index (χ0n) is 6.88. The number of nitrogens with zero attached hydrogens (tertiary/aromatic N) is 2. The van der Waals surface area contributed by atoms with Gasteiger partial charge in [-0.2, -0.15) is 4.98 Å². The number of halogens is 2. The highest BCUT2D eigenvalue weighted by Gasteiger charge is 2.23.